The summed E-state index contributed by atoms with van der Waals surface area (Å²) < 4.78 is 4.81. The van der Waals surface area contributed by atoms with Gasteiger partial charge in [-0.25, -0.2) is 6.57 Å². The molecule has 2 aliphatic heterocycles. The fraction of sp³-hybridized carbons (Fsp3) is 0.432. The largest absolute Gasteiger partial charge is 0.468 e. The van der Waals surface area contributed by atoms with Crippen LogP contribution in [0.5, 0.6) is 0 Å². The quantitative estimate of drug-likeness (QED) is 0.291. The Bertz CT molecular complexity index is 1570. The van der Waals surface area contributed by atoms with Crippen molar-refractivity contribution in [2.75, 3.05) is 26.7 Å². The molecule has 230 valence electrons. The Balaban J connectivity index is 0.000000130. The molecule has 3 saturated carbocycles. The summed E-state index contributed by atoms with van der Waals surface area (Å²) >= 11 is 0. The lowest BCUT2D eigenvalue weighted by Crippen LogP contribution is -2.27. The van der Waals surface area contributed by atoms with Crippen LogP contribution in [0.4, 0.5) is 0 Å². The number of carbonyl (C=O) groups excluding carboxylic acids is 2. The zero-order chi connectivity index (χ0) is 30.4. The number of methoxy groups -OCH3 is 1. The van der Waals surface area contributed by atoms with Crippen molar-refractivity contribution in [3.8, 4) is 0 Å². The second-order valence-electron chi connectivity index (χ2n) is 13.2. The summed E-state index contributed by atoms with van der Waals surface area (Å²) in [5.41, 5.74) is 7.08. The standard InChI is InChI=1S/C13H13NO2.C12H13NO.C12H15N.ClH/c1-9-4-6-10(7-5-9)13(12(15)16-3)8-11(13)14-2;1-8-2-4-9(5-3-8)12-6-10(12)7-13-11(12)14;1-9-2-4-10(5-3-9)12-6-11(12)7-13-8-12;/h4-7,11H,8H2,1,3H3;2-5,10H,6-7H2,1H3,(H,13,14);2-5,11,13H,6-8H2,1H3;1H. The zero-order valence-corrected chi connectivity index (χ0v) is 26.8. The number of nitrogens with one attached hydrogen (secondary N) is 2. The fourth-order valence-electron chi connectivity index (χ4n) is 7.32. The monoisotopic (exact) mass is 611 g/mol. The molecule has 7 heteroatoms. The lowest BCUT2D eigenvalue weighted by atomic mass is 9.94. The maximum Gasteiger partial charge on any atom is 0.324 e. The van der Waals surface area contributed by atoms with Crippen LogP contribution in [0.3, 0.4) is 0 Å². The van der Waals surface area contributed by atoms with Gasteiger partial charge in [0.2, 0.25) is 11.9 Å². The van der Waals surface area contributed by atoms with E-state index in [2.05, 4.69) is 77.9 Å². The van der Waals surface area contributed by atoms with Crippen LogP contribution in [-0.2, 0) is 30.6 Å². The molecule has 2 N–H and O–H groups in total. The average molecular weight is 612 g/mol. The van der Waals surface area contributed by atoms with Gasteiger partial charge in [0.05, 0.1) is 18.9 Å². The molecule has 0 radical (unpaired) electrons. The lowest BCUT2D eigenvalue weighted by molar-refractivity contribution is -0.143. The predicted molar refractivity (Wildman–Crippen MR) is 175 cm³/mol. The second kappa shape index (κ2) is 12.0. The number of fused-ring (bicyclic) bond motifs is 2. The van der Waals surface area contributed by atoms with Gasteiger partial charge in [-0.2, -0.15) is 0 Å². The summed E-state index contributed by atoms with van der Waals surface area (Å²) in [5, 5.41) is 6.41. The fourth-order valence-corrected chi connectivity index (χ4v) is 7.32. The van der Waals surface area contributed by atoms with Crippen LogP contribution < -0.4 is 10.6 Å². The van der Waals surface area contributed by atoms with E-state index in [1.807, 2.05) is 31.2 Å². The summed E-state index contributed by atoms with van der Waals surface area (Å²) in [6.45, 7) is 16.6. The third-order valence-corrected chi connectivity index (χ3v) is 10.5. The van der Waals surface area contributed by atoms with E-state index in [0.717, 1.165) is 30.0 Å². The highest BCUT2D eigenvalue weighted by Crippen LogP contribution is 2.57. The first-order chi connectivity index (χ1) is 20.7. The normalized spacial score (nSPS) is 31.2. The van der Waals surface area contributed by atoms with Crippen molar-refractivity contribution in [3.63, 3.8) is 0 Å². The minimum absolute atomic E-state index is 0. The van der Waals surface area contributed by atoms with E-state index in [9.17, 15) is 9.59 Å². The maximum absolute atomic E-state index is 11.8. The zero-order valence-electron chi connectivity index (χ0n) is 26.0. The maximum atomic E-state index is 11.8. The molecule has 2 saturated heterocycles. The van der Waals surface area contributed by atoms with Crippen molar-refractivity contribution >= 4 is 24.3 Å². The SMILES string of the molecule is Cc1ccc(C23CC2CNC3=O)cc1.Cc1ccc(C23CNCC2C3)cc1.Cl.[C-]#[N+]C1CC1(C(=O)OC)c1ccc(C)cc1. The summed E-state index contributed by atoms with van der Waals surface area (Å²) in [7, 11) is 1.37. The van der Waals surface area contributed by atoms with Crippen molar-refractivity contribution in [2.24, 2.45) is 11.8 Å². The predicted octanol–water partition coefficient (Wildman–Crippen LogP) is 5.76. The van der Waals surface area contributed by atoms with Crippen LogP contribution >= 0.6 is 12.4 Å². The van der Waals surface area contributed by atoms with Gasteiger partial charge in [0.15, 0.2) is 5.41 Å². The van der Waals surface area contributed by atoms with Crippen LogP contribution in [0.1, 0.15) is 52.6 Å². The molecule has 44 heavy (non-hydrogen) atoms. The van der Waals surface area contributed by atoms with Gasteiger partial charge in [0, 0.05) is 18.5 Å². The average Bonchev–Trinajstić information content (AvgIpc) is 3.98. The number of aryl methyl sites for hydroxylation is 3. The number of rotatable bonds is 4. The van der Waals surface area contributed by atoms with Crippen molar-refractivity contribution in [1.29, 1.82) is 0 Å². The number of esters is 1. The Kier molecular flexibility index (Phi) is 8.68. The smallest absolute Gasteiger partial charge is 0.324 e. The van der Waals surface area contributed by atoms with Gasteiger partial charge < -0.3 is 20.2 Å². The number of amides is 1. The molecule has 3 aromatic carbocycles. The molecule has 3 aliphatic carbocycles. The number of halogens is 1. The molecule has 5 fully saturated rings. The molecular weight excluding hydrogens is 570 g/mol. The third-order valence-electron chi connectivity index (χ3n) is 10.5. The minimum atomic E-state index is -0.704. The highest BCUT2D eigenvalue weighted by molar-refractivity contribution is 5.94. The highest BCUT2D eigenvalue weighted by Gasteiger charge is 2.69. The first-order valence-electron chi connectivity index (χ1n) is 15.3. The van der Waals surface area contributed by atoms with Gasteiger partial charge in [-0.05, 0) is 68.7 Å². The van der Waals surface area contributed by atoms with E-state index in [4.69, 9.17) is 11.3 Å². The second-order valence-corrected chi connectivity index (χ2v) is 13.2. The minimum Gasteiger partial charge on any atom is -0.468 e. The Morgan fingerprint density at radius 3 is 1.73 bits per heavy atom. The molecule has 6 atom stereocenters. The molecule has 1 amide bonds. The Labute approximate surface area is 267 Å². The Hall–Kier alpha value is -3.66. The molecule has 0 bridgehead atoms. The molecule has 6 nitrogen and oxygen atoms in total. The van der Waals surface area contributed by atoms with Gasteiger partial charge >= 0.3 is 5.97 Å². The van der Waals surface area contributed by atoms with Crippen LogP contribution in [0, 0.1) is 39.2 Å². The number of carbonyl (C=O) groups is 2. The summed E-state index contributed by atoms with van der Waals surface area (Å²) in [6, 6.07) is 24.9. The van der Waals surface area contributed by atoms with Gasteiger partial charge in [0.1, 0.15) is 0 Å². The van der Waals surface area contributed by atoms with E-state index in [1.54, 1.807) is 5.56 Å². The Morgan fingerprint density at radius 2 is 1.34 bits per heavy atom. The van der Waals surface area contributed by atoms with Crippen LogP contribution in [0.15, 0.2) is 72.8 Å². The van der Waals surface area contributed by atoms with Crippen molar-refractivity contribution in [1.82, 2.24) is 10.6 Å². The molecule has 5 aliphatic rings. The molecule has 6 unspecified atom stereocenters. The van der Waals surface area contributed by atoms with E-state index in [1.165, 1.54) is 43.3 Å². The number of benzene rings is 3. The van der Waals surface area contributed by atoms with E-state index in [0.29, 0.717) is 17.8 Å². The molecular formula is C37H42ClN3O3. The molecule has 3 aromatic rings. The molecule has 0 aromatic heterocycles. The third kappa shape index (κ3) is 5.42. The van der Waals surface area contributed by atoms with E-state index >= 15 is 0 Å². The van der Waals surface area contributed by atoms with Crippen molar-refractivity contribution in [3.05, 3.63) is 118 Å². The van der Waals surface area contributed by atoms with Crippen molar-refractivity contribution in [2.45, 2.75) is 62.3 Å². The van der Waals surface area contributed by atoms with E-state index < -0.39 is 5.41 Å². The summed E-state index contributed by atoms with van der Waals surface area (Å²) in [6.07, 6.45) is 3.02. The number of ether oxygens (including phenoxy) is 1. The van der Waals surface area contributed by atoms with Gasteiger partial charge in [0.25, 0.3) is 0 Å². The first-order valence-corrected chi connectivity index (χ1v) is 15.3. The van der Waals surface area contributed by atoms with Crippen LogP contribution in [0.25, 0.3) is 4.85 Å². The lowest BCUT2D eigenvalue weighted by Gasteiger charge is -2.11. The summed E-state index contributed by atoms with van der Waals surface area (Å²) in [5.74, 6) is 1.41. The van der Waals surface area contributed by atoms with Gasteiger partial charge in [-0.3, -0.25) is 9.59 Å². The molecule has 8 rings (SSSR count). The Morgan fingerprint density at radius 1 is 0.795 bits per heavy atom. The number of hydrogen-bond acceptors (Lipinski definition) is 4. The van der Waals surface area contributed by atoms with E-state index in [-0.39, 0.29) is 35.7 Å². The summed E-state index contributed by atoms with van der Waals surface area (Å²) in [4.78, 5) is 27.0. The van der Waals surface area contributed by atoms with Crippen molar-refractivity contribution < 1.29 is 14.3 Å². The van der Waals surface area contributed by atoms with Crippen LogP contribution in [-0.4, -0.2) is 44.7 Å². The number of hydrogen-bond donors (Lipinski definition) is 2. The number of piperidine rings is 2. The topological polar surface area (TPSA) is 71.8 Å². The molecule has 2 heterocycles. The van der Waals surface area contributed by atoms with Gasteiger partial charge in [-0.1, -0.05) is 89.5 Å². The van der Waals surface area contributed by atoms with Gasteiger partial charge in [-0.15, -0.1) is 12.4 Å². The number of nitrogens with zero attached hydrogens (tertiary/aromatic N) is 1. The molecule has 0 spiro atoms. The van der Waals surface area contributed by atoms with Crippen LogP contribution in [0.2, 0.25) is 0 Å². The highest BCUT2D eigenvalue weighted by atomic mass is 35.5. The first kappa shape index (κ1) is 31.8.